The average Bonchev–Trinajstić information content (AvgIpc) is 2.56. The van der Waals surface area contributed by atoms with Crippen molar-refractivity contribution in [2.24, 2.45) is 0 Å². The summed E-state index contributed by atoms with van der Waals surface area (Å²) >= 11 is 1.09. The van der Waals surface area contributed by atoms with Gasteiger partial charge < -0.3 is 5.11 Å². The van der Waals surface area contributed by atoms with Crippen LogP contribution in [0.3, 0.4) is 0 Å². The first-order valence-corrected chi connectivity index (χ1v) is 7.64. The zero-order chi connectivity index (χ0) is 14.8. The third kappa shape index (κ3) is 4.75. The van der Waals surface area contributed by atoms with E-state index in [4.69, 9.17) is 5.11 Å². The molecule has 1 heterocycles. The van der Waals surface area contributed by atoms with Gasteiger partial charge in [0, 0.05) is 15.8 Å². The van der Waals surface area contributed by atoms with E-state index in [-0.39, 0.29) is 11.5 Å². The third-order valence-corrected chi connectivity index (χ3v) is 5.14. The number of rotatable bonds is 5. The lowest BCUT2D eigenvalue weighted by molar-refractivity contribution is -0.137. The fourth-order valence-electron chi connectivity index (χ4n) is 1.59. The lowest BCUT2D eigenvalue weighted by atomic mass is 10.2. The smallest absolute Gasteiger partial charge is 0.390 e. The Morgan fingerprint density at radius 3 is 2.47 bits per heavy atom. The number of hydrogen-bond donors (Lipinski definition) is 2. The van der Waals surface area contributed by atoms with E-state index in [0.29, 0.717) is 9.75 Å². The van der Waals surface area contributed by atoms with Crippen LogP contribution >= 0.6 is 11.3 Å². The van der Waals surface area contributed by atoms with E-state index in [0.717, 1.165) is 18.3 Å². The second-order valence-corrected chi connectivity index (χ2v) is 7.16. The molecule has 0 spiro atoms. The summed E-state index contributed by atoms with van der Waals surface area (Å²) in [5.41, 5.74) is 0. The quantitative estimate of drug-likeness (QED) is 0.874. The molecule has 9 heteroatoms. The summed E-state index contributed by atoms with van der Waals surface area (Å²) < 4.78 is 62.3. The second kappa shape index (κ2) is 5.78. The highest BCUT2D eigenvalue weighted by Gasteiger charge is 2.32. The Hall–Kier alpha value is -0.640. The number of aliphatic hydroxyl groups is 1. The summed E-state index contributed by atoms with van der Waals surface area (Å²) in [6.07, 6.45) is -5.66. The fraction of sp³-hybridized carbons (Fsp3) is 0.600. The largest absolute Gasteiger partial charge is 0.391 e. The average molecular weight is 317 g/mol. The lowest BCUT2D eigenvalue weighted by Gasteiger charge is -2.15. The van der Waals surface area contributed by atoms with E-state index >= 15 is 0 Å². The zero-order valence-electron chi connectivity index (χ0n) is 10.3. The van der Waals surface area contributed by atoms with Gasteiger partial charge in [0.15, 0.2) is 0 Å². The van der Waals surface area contributed by atoms with Crippen molar-refractivity contribution in [2.45, 2.75) is 44.0 Å². The highest BCUT2D eigenvalue weighted by molar-refractivity contribution is 7.89. The zero-order valence-corrected chi connectivity index (χ0v) is 11.9. The maximum Gasteiger partial charge on any atom is 0.390 e. The summed E-state index contributed by atoms with van der Waals surface area (Å²) in [5.74, 6) is 0. The molecule has 0 saturated carbocycles. The molecule has 0 aliphatic rings. The van der Waals surface area contributed by atoms with Gasteiger partial charge in [-0.15, -0.1) is 11.3 Å². The van der Waals surface area contributed by atoms with Crippen LogP contribution in [0.2, 0.25) is 0 Å². The Bertz CT molecular complexity index is 537. The number of nitrogens with one attached hydrogen (secondary N) is 1. The molecule has 1 rings (SSSR count). The summed E-state index contributed by atoms with van der Waals surface area (Å²) in [7, 11) is -4.00. The number of halogens is 3. The van der Waals surface area contributed by atoms with Crippen molar-refractivity contribution in [1.82, 2.24) is 4.72 Å². The predicted octanol–water partition coefficient (Wildman–Crippen LogP) is 2.17. The molecule has 0 aliphatic heterocycles. The molecule has 1 aromatic heterocycles. The molecule has 1 atom stereocenters. The Kier molecular flexibility index (Phi) is 4.99. The van der Waals surface area contributed by atoms with Crippen LogP contribution in [0.5, 0.6) is 0 Å². The number of sulfonamides is 1. The minimum absolute atomic E-state index is 0.0874. The Balaban J connectivity index is 2.89. The first-order valence-electron chi connectivity index (χ1n) is 5.34. The molecule has 1 unspecified atom stereocenters. The van der Waals surface area contributed by atoms with Gasteiger partial charge in [0.2, 0.25) is 10.0 Å². The van der Waals surface area contributed by atoms with Crippen LogP contribution in [0.25, 0.3) is 0 Å². The monoisotopic (exact) mass is 317 g/mol. The van der Waals surface area contributed by atoms with E-state index in [2.05, 4.69) is 0 Å². The number of thiophene rings is 1. The minimum Gasteiger partial charge on any atom is -0.391 e. The molecule has 110 valence electrons. The van der Waals surface area contributed by atoms with Gasteiger partial charge in [-0.3, -0.25) is 0 Å². The second-order valence-electron chi connectivity index (χ2n) is 4.13. The fourth-order valence-corrected chi connectivity index (χ4v) is 4.32. The number of hydrogen-bond acceptors (Lipinski definition) is 4. The van der Waals surface area contributed by atoms with Crippen molar-refractivity contribution in [3.8, 4) is 0 Å². The van der Waals surface area contributed by atoms with Gasteiger partial charge in [-0.1, -0.05) is 0 Å². The van der Waals surface area contributed by atoms with E-state index in [1.807, 2.05) is 4.72 Å². The molecule has 0 aliphatic carbocycles. The van der Waals surface area contributed by atoms with Gasteiger partial charge in [0.05, 0.1) is 17.9 Å². The van der Waals surface area contributed by atoms with Crippen LogP contribution in [0.15, 0.2) is 11.0 Å². The van der Waals surface area contributed by atoms with Gasteiger partial charge in [-0.05, 0) is 19.9 Å². The molecule has 19 heavy (non-hydrogen) atoms. The van der Waals surface area contributed by atoms with Gasteiger partial charge in [-0.25, -0.2) is 13.1 Å². The van der Waals surface area contributed by atoms with Crippen LogP contribution in [0, 0.1) is 6.92 Å². The third-order valence-electron chi connectivity index (χ3n) is 2.26. The van der Waals surface area contributed by atoms with Crippen molar-refractivity contribution in [2.75, 3.05) is 0 Å². The Morgan fingerprint density at radius 1 is 1.47 bits per heavy atom. The minimum atomic E-state index is -4.43. The Labute approximate surface area is 113 Å². The number of aliphatic hydroxyl groups excluding tert-OH is 1. The van der Waals surface area contributed by atoms with Crippen LogP contribution in [-0.4, -0.2) is 25.7 Å². The van der Waals surface area contributed by atoms with Gasteiger partial charge in [0.25, 0.3) is 0 Å². The standard InChI is InChI=1S/C10H14F3NO3S2/c1-6(4-10(11,12)13)14-19(16,17)9-3-8(5-15)18-7(9)2/h3,6,14-15H,4-5H2,1-2H3. The molecular formula is C10H14F3NO3S2. The van der Waals surface area contributed by atoms with Crippen LogP contribution in [-0.2, 0) is 16.6 Å². The molecule has 0 radical (unpaired) electrons. The highest BCUT2D eigenvalue weighted by atomic mass is 32.2. The number of aryl methyl sites for hydroxylation is 1. The molecule has 1 aromatic rings. The SMILES string of the molecule is Cc1sc(CO)cc1S(=O)(=O)NC(C)CC(F)(F)F. The first-order chi connectivity index (χ1) is 8.55. The molecule has 0 bridgehead atoms. The maximum absolute atomic E-state index is 12.2. The highest BCUT2D eigenvalue weighted by Crippen LogP contribution is 2.27. The van der Waals surface area contributed by atoms with E-state index < -0.39 is 28.7 Å². The summed E-state index contributed by atoms with van der Waals surface area (Å²) in [5, 5.41) is 8.92. The first kappa shape index (κ1) is 16.4. The Morgan fingerprint density at radius 2 is 2.05 bits per heavy atom. The summed E-state index contributed by atoms with van der Waals surface area (Å²) in [6, 6.07) is 0.0182. The molecule has 2 N–H and O–H groups in total. The van der Waals surface area contributed by atoms with Gasteiger partial charge in [0.1, 0.15) is 0 Å². The van der Waals surface area contributed by atoms with Crippen LogP contribution < -0.4 is 4.72 Å². The van der Waals surface area contributed by atoms with Crippen molar-refractivity contribution in [1.29, 1.82) is 0 Å². The molecule has 0 amide bonds. The molecule has 0 saturated heterocycles. The molecule has 0 fully saturated rings. The molecule has 0 aromatic carbocycles. The summed E-state index contributed by atoms with van der Waals surface area (Å²) in [4.78, 5) is 0.785. The van der Waals surface area contributed by atoms with E-state index in [1.54, 1.807) is 0 Å². The summed E-state index contributed by atoms with van der Waals surface area (Å²) in [6.45, 7) is 2.38. The predicted molar refractivity (Wildman–Crippen MR) is 65.4 cm³/mol. The van der Waals surface area contributed by atoms with Crippen molar-refractivity contribution >= 4 is 21.4 Å². The topological polar surface area (TPSA) is 66.4 Å². The molecule has 4 nitrogen and oxygen atoms in total. The van der Waals surface area contributed by atoms with E-state index in [1.165, 1.54) is 13.0 Å². The van der Waals surface area contributed by atoms with Crippen molar-refractivity contribution in [3.63, 3.8) is 0 Å². The normalized spacial score (nSPS) is 14.6. The molecular weight excluding hydrogens is 303 g/mol. The van der Waals surface area contributed by atoms with Crippen LogP contribution in [0.4, 0.5) is 13.2 Å². The van der Waals surface area contributed by atoms with Crippen LogP contribution in [0.1, 0.15) is 23.1 Å². The van der Waals surface area contributed by atoms with Gasteiger partial charge >= 0.3 is 6.18 Å². The van der Waals surface area contributed by atoms with Crippen molar-refractivity contribution < 1.29 is 26.7 Å². The number of alkyl halides is 3. The van der Waals surface area contributed by atoms with Gasteiger partial charge in [-0.2, -0.15) is 13.2 Å². The van der Waals surface area contributed by atoms with E-state index in [9.17, 15) is 21.6 Å². The lowest BCUT2D eigenvalue weighted by Crippen LogP contribution is -2.36. The van der Waals surface area contributed by atoms with Crippen molar-refractivity contribution in [3.05, 3.63) is 15.8 Å². The maximum atomic E-state index is 12.2.